The molecular formula is C20H17N3O3. The van der Waals surface area contributed by atoms with E-state index in [0.29, 0.717) is 18.1 Å². The molecular weight excluding hydrogens is 330 g/mol. The lowest BCUT2D eigenvalue weighted by molar-refractivity contribution is 0.0946. The number of aryl methyl sites for hydroxylation is 1. The summed E-state index contributed by atoms with van der Waals surface area (Å²) in [4.78, 5) is 16.5. The van der Waals surface area contributed by atoms with Crippen LogP contribution in [0.4, 0.5) is 0 Å². The number of carbonyl (C=O) groups is 1. The van der Waals surface area contributed by atoms with Gasteiger partial charge in [0, 0.05) is 12.1 Å². The molecule has 0 saturated heterocycles. The lowest BCUT2D eigenvalue weighted by atomic mass is 10.1. The largest absolute Gasteiger partial charge is 0.479 e. The van der Waals surface area contributed by atoms with Gasteiger partial charge in [0.25, 0.3) is 5.91 Å². The normalized spacial score (nSPS) is 10.2. The smallest absolute Gasteiger partial charge is 0.274 e. The number of hydrogen-bond acceptors (Lipinski definition) is 5. The van der Waals surface area contributed by atoms with Gasteiger partial charge in [-0.05, 0) is 24.6 Å². The minimum Gasteiger partial charge on any atom is -0.479 e. The Kier molecular flexibility index (Phi) is 5.30. The molecule has 6 heteroatoms. The van der Waals surface area contributed by atoms with Gasteiger partial charge < -0.3 is 14.5 Å². The number of amides is 1. The second kappa shape index (κ2) is 7.99. The van der Waals surface area contributed by atoms with Crippen LogP contribution in [-0.4, -0.2) is 17.5 Å². The molecule has 0 bridgehead atoms. The van der Waals surface area contributed by atoms with Gasteiger partial charge in [0.15, 0.2) is 24.5 Å². The third-order valence-electron chi connectivity index (χ3n) is 3.75. The maximum atomic E-state index is 12.5. The highest BCUT2D eigenvalue weighted by molar-refractivity contribution is 5.97. The van der Waals surface area contributed by atoms with Crippen molar-refractivity contribution in [2.24, 2.45) is 0 Å². The molecule has 2 aromatic carbocycles. The number of benzene rings is 2. The molecule has 26 heavy (non-hydrogen) atoms. The van der Waals surface area contributed by atoms with Gasteiger partial charge in [-0.3, -0.25) is 4.79 Å². The topological polar surface area (TPSA) is 88.2 Å². The third-order valence-corrected chi connectivity index (χ3v) is 3.75. The molecule has 1 heterocycles. The molecule has 1 amide bonds. The van der Waals surface area contributed by atoms with E-state index in [0.717, 1.165) is 16.7 Å². The van der Waals surface area contributed by atoms with E-state index in [1.165, 1.54) is 6.39 Å². The predicted molar refractivity (Wildman–Crippen MR) is 95.4 cm³/mol. The molecule has 0 radical (unpaired) electrons. The molecule has 0 unspecified atom stereocenters. The Balaban J connectivity index is 1.69. The number of carbonyl (C=O) groups excluding carboxylic acids is 1. The zero-order chi connectivity index (χ0) is 18.4. The fraction of sp³-hybridized carbons (Fsp3) is 0.150. The zero-order valence-electron chi connectivity index (χ0n) is 14.2. The standard InChI is InChI=1S/C20H17N3O3/c1-14-5-7-16(8-6-14)19-18(23-13-26-19)20(24)22-12-15-3-2-4-17(11-15)25-10-9-21/h2-8,11,13H,10,12H2,1H3,(H,22,24). The first kappa shape index (κ1) is 17.2. The molecule has 0 spiro atoms. The molecule has 1 aromatic heterocycles. The van der Waals surface area contributed by atoms with Crippen LogP contribution in [0.3, 0.4) is 0 Å². The maximum absolute atomic E-state index is 12.5. The van der Waals surface area contributed by atoms with E-state index >= 15 is 0 Å². The molecule has 0 saturated carbocycles. The first-order valence-electron chi connectivity index (χ1n) is 8.05. The Hall–Kier alpha value is -3.59. The van der Waals surface area contributed by atoms with Crippen molar-refractivity contribution in [3.8, 4) is 23.1 Å². The molecule has 0 fully saturated rings. The highest BCUT2D eigenvalue weighted by Gasteiger charge is 2.18. The molecule has 3 aromatic rings. The number of ether oxygens (including phenoxy) is 1. The number of nitrogens with zero attached hydrogens (tertiary/aromatic N) is 2. The van der Waals surface area contributed by atoms with Gasteiger partial charge in [0.2, 0.25) is 0 Å². The SMILES string of the molecule is Cc1ccc(-c2ocnc2C(=O)NCc2cccc(OCC#N)c2)cc1. The van der Waals surface area contributed by atoms with E-state index in [2.05, 4.69) is 10.3 Å². The van der Waals surface area contributed by atoms with Gasteiger partial charge >= 0.3 is 0 Å². The molecule has 130 valence electrons. The van der Waals surface area contributed by atoms with E-state index < -0.39 is 0 Å². The van der Waals surface area contributed by atoms with Crippen LogP contribution >= 0.6 is 0 Å². The van der Waals surface area contributed by atoms with Gasteiger partial charge in [-0.25, -0.2) is 4.98 Å². The van der Waals surface area contributed by atoms with Crippen LogP contribution in [0.25, 0.3) is 11.3 Å². The first-order chi connectivity index (χ1) is 12.7. The second-order valence-electron chi connectivity index (χ2n) is 5.67. The van der Waals surface area contributed by atoms with Crippen molar-refractivity contribution < 1.29 is 13.9 Å². The van der Waals surface area contributed by atoms with Crippen LogP contribution in [0.2, 0.25) is 0 Å². The van der Waals surface area contributed by atoms with Crippen LogP contribution in [-0.2, 0) is 6.54 Å². The number of hydrogen-bond donors (Lipinski definition) is 1. The lowest BCUT2D eigenvalue weighted by Crippen LogP contribution is -2.23. The number of oxazole rings is 1. The van der Waals surface area contributed by atoms with E-state index in [4.69, 9.17) is 14.4 Å². The minimum atomic E-state index is -0.322. The molecule has 0 aliphatic carbocycles. The van der Waals surface area contributed by atoms with E-state index in [9.17, 15) is 4.79 Å². The van der Waals surface area contributed by atoms with Gasteiger partial charge in [-0.2, -0.15) is 5.26 Å². The molecule has 0 atom stereocenters. The van der Waals surface area contributed by atoms with Crippen molar-refractivity contribution in [3.63, 3.8) is 0 Å². The molecule has 0 aliphatic rings. The van der Waals surface area contributed by atoms with E-state index in [-0.39, 0.29) is 18.2 Å². The van der Waals surface area contributed by atoms with Crippen molar-refractivity contribution in [3.05, 3.63) is 71.7 Å². The Morgan fingerprint density at radius 2 is 2.08 bits per heavy atom. The number of nitrogens with one attached hydrogen (secondary N) is 1. The average Bonchev–Trinajstić information content (AvgIpc) is 3.15. The lowest BCUT2D eigenvalue weighted by Gasteiger charge is -2.07. The van der Waals surface area contributed by atoms with Crippen molar-refractivity contribution in [2.75, 3.05) is 6.61 Å². The van der Waals surface area contributed by atoms with E-state index in [1.54, 1.807) is 12.1 Å². The monoisotopic (exact) mass is 347 g/mol. The number of rotatable bonds is 6. The van der Waals surface area contributed by atoms with Gasteiger partial charge in [0.05, 0.1) is 0 Å². The van der Waals surface area contributed by atoms with Gasteiger partial charge in [0.1, 0.15) is 11.8 Å². The summed E-state index contributed by atoms with van der Waals surface area (Å²) < 4.78 is 10.7. The number of aromatic nitrogens is 1. The summed E-state index contributed by atoms with van der Waals surface area (Å²) in [6.07, 6.45) is 1.26. The number of nitriles is 1. The maximum Gasteiger partial charge on any atom is 0.274 e. The Bertz CT molecular complexity index is 939. The highest BCUT2D eigenvalue weighted by atomic mass is 16.5. The zero-order valence-corrected chi connectivity index (χ0v) is 14.2. The van der Waals surface area contributed by atoms with Crippen LogP contribution < -0.4 is 10.1 Å². The Morgan fingerprint density at radius 3 is 2.85 bits per heavy atom. The summed E-state index contributed by atoms with van der Waals surface area (Å²) in [5, 5.41) is 11.4. The van der Waals surface area contributed by atoms with Crippen LogP contribution in [0, 0.1) is 18.3 Å². The summed E-state index contributed by atoms with van der Waals surface area (Å²) in [6.45, 7) is 2.28. The summed E-state index contributed by atoms with van der Waals surface area (Å²) in [6, 6.07) is 16.8. The summed E-state index contributed by atoms with van der Waals surface area (Å²) in [5.74, 6) is 0.700. The van der Waals surface area contributed by atoms with Crippen molar-refractivity contribution in [1.29, 1.82) is 5.26 Å². The Labute approximate surface area is 151 Å². The summed E-state index contributed by atoms with van der Waals surface area (Å²) in [5.41, 5.74) is 3.02. The molecule has 1 N–H and O–H groups in total. The van der Waals surface area contributed by atoms with Crippen LogP contribution in [0.15, 0.2) is 59.3 Å². The fourth-order valence-corrected chi connectivity index (χ4v) is 2.44. The van der Waals surface area contributed by atoms with Crippen molar-refractivity contribution >= 4 is 5.91 Å². The summed E-state index contributed by atoms with van der Waals surface area (Å²) >= 11 is 0. The minimum absolute atomic E-state index is 0.0192. The quantitative estimate of drug-likeness (QED) is 0.737. The highest BCUT2D eigenvalue weighted by Crippen LogP contribution is 2.23. The second-order valence-corrected chi connectivity index (χ2v) is 5.67. The van der Waals surface area contributed by atoms with Crippen molar-refractivity contribution in [2.45, 2.75) is 13.5 Å². The van der Waals surface area contributed by atoms with Crippen LogP contribution in [0.5, 0.6) is 5.75 Å². The average molecular weight is 347 g/mol. The van der Waals surface area contributed by atoms with E-state index in [1.807, 2.05) is 49.4 Å². The first-order valence-corrected chi connectivity index (χ1v) is 8.05. The third kappa shape index (κ3) is 4.08. The van der Waals surface area contributed by atoms with Crippen LogP contribution in [0.1, 0.15) is 21.6 Å². The molecule has 3 rings (SSSR count). The molecule has 0 aliphatic heterocycles. The fourth-order valence-electron chi connectivity index (χ4n) is 2.44. The summed E-state index contributed by atoms with van der Waals surface area (Å²) in [7, 11) is 0. The Morgan fingerprint density at radius 1 is 1.27 bits per heavy atom. The van der Waals surface area contributed by atoms with Crippen molar-refractivity contribution in [1.82, 2.24) is 10.3 Å². The molecule has 6 nitrogen and oxygen atoms in total. The van der Waals surface area contributed by atoms with Gasteiger partial charge in [-0.15, -0.1) is 0 Å². The van der Waals surface area contributed by atoms with Gasteiger partial charge in [-0.1, -0.05) is 42.0 Å². The predicted octanol–water partition coefficient (Wildman–Crippen LogP) is 3.48.